The third-order valence-corrected chi connectivity index (χ3v) is 6.05. The second-order valence-corrected chi connectivity index (χ2v) is 7.61. The van der Waals surface area contributed by atoms with Crippen molar-refractivity contribution in [3.63, 3.8) is 0 Å². The number of nitrogens with two attached hydrogens (primary N) is 1. The lowest BCUT2D eigenvalue weighted by molar-refractivity contribution is -0.128. The first-order valence-corrected chi connectivity index (χ1v) is 9.15. The average Bonchev–Trinajstić information content (AvgIpc) is 2.92. The number of amides is 2. The van der Waals surface area contributed by atoms with Gasteiger partial charge >= 0.3 is 0 Å². The third-order valence-electron chi connectivity index (χ3n) is 6.05. The molecule has 0 unspecified atom stereocenters. The Kier molecular flexibility index (Phi) is 5.08. The summed E-state index contributed by atoms with van der Waals surface area (Å²) >= 11 is 0. The molecule has 2 amide bonds. The van der Waals surface area contributed by atoms with E-state index in [2.05, 4.69) is 16.4 Å². The van der Waals surface area contributed by atoms with Crippen molar-refractivity contribution in [3.8, 4) is 0 Å². The van der Waals surface area contributed by atoms with Gasteiger partial charge in [-0.2, -0.15) is 0 Å². The van der Waals surface area contributed by atoms with Crippen molar-refractivity contribution in [2.75, 3.05) is 20.1 Å². The maximum atomic E-state index is 12.4. The van der Waals surface area contributed by atoms with E-state index in [-0.39, 0.29) is 22.8 Å². The molecule has 1 saturated carbocycles. The highest BCUT2D eigenvalue weighted by Gasteiger charge is 2.49. The third kappa shape index (κ3) is 3.68. The van der Waals surface area contributed by atoms with Gasteiger partial charge in [0, 0.05) is 32.1 Å². The van der Waals surface area contributed by atoms with Crippen LogP contribution in [-0.2, 0) is 15.1 Å². The van der Waals surface area contributed by atoms with Crippen molar-refractivity contribution in [2.24, 2.45) is 11.1 Å². The van der Waals surface area contributed by atoms with Gasteiger partial charge in [-0.1, -0.05) is 6.07 Å². The van der Waals surface area contributed by atoms with E-state index in [0.717, 1.165) is 37.9 Å². The van der Waals surface area contributed by atoms with Gasteiger partial charge in [-0.15, -0.1) is 0 Å². The molecule has 1 aromatic heterocycles. The molecule has 0 bridgehead atoms. The Labute approximate surface area is 149 Å². The van der Waals surface area contributed by atoms with E-state index in [1.807, 2.05) is 30.3 Å². The molecule has 1 aromatic rings. The highest BCUT2D eigenvalue weighted by molar-refractivity contribution is 5.79. The minimum atomic E-state index is -0.298. The van der Waals surface area contributed by atoms with Crippen LogP contribution < -0.4 is 11.1 Å². The number of carbonyl (C=O) groups excluding carboxylic acids is 2. The summed E-state index contributed by atoms with van der Waals surface area (Å²) in [5, 5.41) is 3.50. The van der Waals surface area contributed by atoms with Crippen LogP contribution in [0.25, 0.3) is 0 Å². The quantitative estimate of drug-likeness (QED) is 0.819. The van der Waals surface area contributed by atoms with Crippen molar-refractivity contribution < 1.29 is 9.59 Å². The number of nitrogens with zero attached hydrogens (tertiary/aromatic N) is 2. The Balaban J connectivity index is 1.63. The molecular formula is C19H28N4O2. The van der Waals surface area contributed by atoms with Gasteiger partial charge in [0.05, 0.1) is 11.2 Å². The van der Waals surface area contributed by atoms with Gasteiger partial charge in [0.25, 0.3) is 0 Å². The first-order chi connectivity index (χ1) is 12.0. The summed E-state index contributed by atoms with van der Waals surface area (Å²) in [7, 11) is 2.00. The summed E-state index contributed by atoms with van der Waals surface area (Å²) < 4.78 is 0. The fraction of sp³-hybridized carbons (Fsp3) is 0.632. The second kappa shape index (κ2) is 7.12. The van der Waals surface area contributed by atoms with Gasteiger partial charge in [0.2, 0.25) is 11.8 Å². The highest BCUT2D eigenvalue weighted by atomic mass is 16.2. The van der Waals surface area contributed by atoms with E-state index in [1.165, 1.54) is 0 Å². The molecule has 0 atom stereocenters. The first-order valence-electron chi connectivity index (χ1n) is 9.15. The van der Waals surface area contributed by atoms with E-state index in [4.69, 9.17) is 5.73 Å². The zero-order chi connectivity index (χ0) is 17.9. The number of primary amides is 1. The number of hydrogen-bond donors (Lipinski definition) is 2. The van der Waals surface area contributed by atoms with E-state index in [1.54, 1.807) is 0 Å². The van der Waals surface area contributed by atoms with Gasteiger partial charge < -0.3 is 16.0 Å². The van der Waals surface area contributed by atoms with Crippen LogP contribution in [0.4, 0.5) is 0 Å². The summed E-state index contributed by atoms with van der Waals surface area (Å²) in [6, 6.07) is 6.06. The molecule has 0 radical (unpaired) electrons. The number of nitrogens with one attached hydrogen (secondary N) is 1. The SMILES string of the molecule is CN[C@]1(c2ccccn2)CC[C@@]2(CC1)CC(=O)N(CCCC(N)=O)C2. The molecule has 2 heterocycles. The van der Waals surface area contributed by atoms with Gasteiger partial charge in [-0.25, -0.2) is 0 Å². The summed E-state index contributed by atoms with van der Waals surface area (Å²) in [5.74, 6) is -0.0764. The second-order valence-electron chi connectivity index (χ2n) is 7.61. The molecule has 1 saturated heterocycles. The largest absolute Gasteiger partial charge is 0.370 e. The maximum absolute atomic E-state index is 12.4. The number of hydrogen-bond acceptors (Lipinski definition) is 4. The van der Waals surface area contributed by atoms with Crippen LogP contribution in [0.2, 0.25) is 0 Å². The van der Waals surface area contributed by atoms with Crippen molar-refractivity contribution in [1.82, 2.24) is 15.2 Å². The Bertz CT molecular complexity index is 624. The van der Waals surface area contributed by atoms with Crippen LogP contribution in [0.15, 0.2) is 24.4 Å². The molecule has 2 aliphatic rings. The number of rotatable bonds is 6. The van der Waals surface area contributed by atoms with Crippen LogP contribution in [0.3, 0.4) is 0 Å². The zero-order valence-corrected chi connectivity index (χ0v) is 15.0. The van der Waals surface area contributed by atoms with Crippen LogP contribution in [0, 0.1) is 5.41 Å². The van der Waals surface area contributed by atoms with Gasteiger partial charge in [-0.05, 0) is 56.7 Å². The predicted molar refractivity (Wildman–Crippen MR) is 95.5 cm³/mol. The predicted octanol–water partition coefficient (Wildman–Crippen LogP) is 1.55. The number of pyridine rings is 1. The lowest BCUT2D eigenvalue weighted by Crippen LogP contribution is -2.47. The van der Waals surface area contributed by atoms with Crippen molar-refractivity contribution >= 4 is 11.8 Å². The van der Waals surface area contributed by atoms with Crippen LogP contribution in [0.1, 0.15) is 50.6 Å². The molecule has 136 valence electrons. The molecule has 1 spiro atoms. The smallest absolute Gasteiger partial charge is 0.223 e. The van der Waals surface area contributed by atoms with E-state index in [9.17, 15) is 9.59 Å². The number of carbonyl (C=O) groups is 2. The van der Waals surface area contributed by atoms with Gasteiger partial charge in [0.15, 0.2) is 0 Å². The minimum absolute atomic E-state index is 0.0823. The van der Waals surface area contributed by atoms with Gasteiger partial charge in [0.1, 0.15) is 0 Å². The van der Waals surface area contributed by atoms with Crippen molar-refractivity contribution in [3.05, 3.63) is 30.1 Å². The molecule has 6 heteroatoms. The topological polar surface area (TPSA) is 88.3 Å². The van der Waals surface area contributed by atoms with Gasteiger partial charge in [-0.3, -0.25) is 14.6 Å². The standard InChI is InChI=1S/C19H28N4O2/c1-21-19(15-5-2-3-11-22-15)9-7-18(8-10-19)13-17(25)23(14-18)12-4-6-16(20)24/h2-3,5,11,21H,4,6-10,12-14H2,1H3,(H2,20,24)/t18-,19-. The van der Waals surface area contributed by atoms with E-state index in [0.29, 0.717) is 25.8 Å². The fourth-order valence-corrected chi connectivity index (χ4v) is 4.45. The molecule has 25 heavy (non-hydrogen) atoms. The van der Waals surface area contributed by atoms with Crippen LogP contribution in [-0.4, -0.2) is 41.8 Å². The van der Waals surface area contributed by atoms with Crippen LogP contribution >= 0.6 is 0 Å². The number of likely N-dealkylation sites (tertiary alicyclic amines) is 1. The summed E-state index contributed by atoms with van der Waals surface area (Å²) in [5.41, 5.74) is 6.28. The molecule has 1 aliphatic carbocycles. The molecular weight excluding hydrogens is 316 g/mol. The summed E-state index contributed by atoms with van der Waals surface area (Å²) in [6.45, 7) is 1.45. The van der Waals surface area contributed by atoms with Crippen molar-refractivity contribution in [1.29, 1.82) is 0 Å². The Morgan fingerprint density at radius 3 is 2.68 bits per heavy atom. The summed E-state index contributed by atoms with van der Waals surface area (Å²) in [4.78, 5) is 29.8. The fourth-order valence-electron chi connectivity index (χ4n) is 4.45. The molecule has 2 fully saturated rings. The highest BCUT2D eigenvalue weighted by Crippen LogP contribution is 2.49. The molecule has 3 rings (SSSR count). The van der Waals surface area contributed by atoms with Crippen molar-refractivity contribution in [2.45, 2.75) is 50.5 Å². The Morgan fingerprint density at radius 1 is 1.32 bits per heavy atom. The molecule has 1 aliphatic heterocycles. The molecule has 0 aromatic carbocycles. The molecule has 6 nitrogen and oxygen atoms in total. The van der Waals surface area contributed by atoms with E-state index >= 15 is 0 Å². The molecule has 3 N–H and O–H groups in total. The number of aromatic nitrogens is 1. The zero-order valence-electron chi connectivity index (χ0n) is 15.0. The lowest BCUT2D eigenvalue weighted by atomic mass is 9.66. The Morgan fingerprint density at radius 2 is 2.08 bits per heavy atom. The van der Waals surface area contributed by atoms with E-state index < -0.39 is 0 Å². The normalized spacial score (nSPS) is 29.3. The lowest BCUT2D eigenvalue weighted by Gasteiger charge is -2.44. The first kappa shape index (κ1) is 17.9. The summed E-state index contributed by atoms with van der Waals surface area (Å²) in [6.07, 6.45) is 7.49. The van der Waals surface area contributed by atoms with Crippen LogP contribution in [0.5, 0.6) is 0 Å². The average molecular weight is 344 g/mol. The minimum Gasteiger partial charge on any atom is -0.370 e. The monoisotopic (exact) mass is 344 g/mol. The maximum Gasteiger partial charge on any atom is 0.223 e. The Hall–Kier alpha value is -1.95.